The fourth-order valence-corrected chi connectivity index (χ4v) is 2.75. The van der Waals surface area contributed by atoms with Crippen molar-refractivity contribution >= 4 is 17.4 Å². The van der Waals surface area contributed by atoms with Crippen molar-refractivity contribution < 1.29 is 14.6 Å². The first-order valence-corrected chi connectivity index (χ1v) is 7.21. The first kappa shape index (κ1) is 15.3. The lowest BCUT2D eigenvalue weighted by molar-refractivity contribution is 0.0666. The Balaban J connectivity index is 2.22. The first-order valence-electron chi connectivity index (χ1n) is 6.83. The molecule has 1 atom stereocenters. The Morgan fingerprint density at radius 3 is 3.00 bits per heavy atom. The Kier molecular flexibility index (Phi) is 5.02. The summed E-state index contributed by atoms with van der Waals surface area (Å²) < 4.78 is 5.60. The Hall–Kier alpha value is -1.10. The van der Waals surface area contributed by atoms with Crippen LogP contribution in [-0.4, -0.2) is 41.6 Å². The van der Waals surface area contributed by atoms with Crippen molar-refractivity contribution in [1.82, 2.24) is 4.90 Å². The molecule has 110 valence electrons. The Morgan fingerprint density at radius 1 is 1.55 bits per heavy atom. The lowest BCUT2D eigenvalue weighted by Gasteiger charge is -2.22. The van der Waals surface area contributed by atoms with Crippen molar-refractivity contribution in [3.63, 3.8) is 0 Å². The highest BCUT2D eigenvalue weighted by atomic mass is 35.5. The number of ketones is 1. The van der Waals surface area contributed by atoms with E-state index in [1.165, 1.54) is 13.0 Å². The third-order valence-corrected chi connectivity index (χ3v) is 3.68. The number of phenolic OH excluding ortho intramolecular Hbond substituents is 1. The van der Waals surface area contributed by atoms with Crippen LogP contribution in [0.5, 0.6) is 5.75 Å². The SMILES string of the molecule is CC(=O)c1cc(Cl)cc(CN2CCCOC(C)C2)c1O. The number of halogens is 1. The maximum Gasteiger partial charge on any atom is 0.163 e. The number of aromatic hydroxyl groups is 1. The fraction of sp³-hybridized carbons (Fsp3) is 0.533. The predicted octanol–water partition coefficient (Wildman–Crippen LogP) is 2.86. The summed E-state index contributed by atoms with van der Waals surface area (Å²) in [5, 5.41) is 10.7. The van der Waals surface area contributed by atoms with Crippen LogP contribution in [-0.2, 0) is 11.3 Å². The number of carbonyl (C=O) groups excluding carboxylic acids is 1. The van der Waals surface area contributed by atoms with Crippen molar-refractivity contribution in [3.8, 4) is 5.75 Å². The molecule has 1 aromatic rings. The van der Waals surface area contributed by atoms with Crippen LogP contribution >= 0.6 is 11.6 Å². The maximum atomic E-state index is 11.5. The van der Waals surface area contributed by atoms with Crippen molar-refractivity contribution in [2.45, 2.75) is 32.9 Å². The number of phenols is 1. The molecule has 0 bridgehead atoms. The zero-order valence-electron chi connectivity index (χ0n) is 11.9. The summed E-state index contributed by atoms with van der Waals surface area (Å²) in [6.45, 7) is 6.51. The van der Waals surface area contributed by atoms with E-state index in [4.69, 9.17) is 16.3 Å². The number of carbonyl (C=O) groups is 1. The van der Waals surface area contributed by atoms with Gasteiger partial charge in [0.1, 0.15) is 5.75 Å². The van der Waals surface area contributed by atoms with E-state index in [1.807, 2.05) is 6.92 Å². The largest absolute Gasteiger partial charge is 0.507 e. The van der Waals surface area contributed by atoms with E-state index in [0.29, 0.717) is 17.1 Å². The van der Waals surface area contributed by atoms with E-state index >= 15 is 0 Å². The summed E-state index contributed by atoms with van der Waals surface area (Å²) in [6, 6.07) is 3.23. The first-order chi connectivity index (χ1) is 9.47. The van der Waals surface area contributed by atoms with Crippen LogP contribution in [0.25, 0.3) is 0 Å². The zero-order chi connectivity index (χ0) is 14.7. The molecule has 0 spiro atoms. The number of nitrogens with zero attached hydrogens (tertiary/aromatic N) is 1. The average Bonchev–Trinajstić information content (AvgIpc) is 2.57. The second kappa shape index (κ2) is 6.57. The summed E-state index contributed by atoms with van der Waals surface area (Å²) in [4.78, 5) is 13.7. The van der Waals surface area contributed by atoms with Crippen molar-refractivity contribution in [2.24, 2.45) is 0 Å². The van der Waals surface area contributed by atoms with Gasteiger partial charge in [-0.3, -0.25) is 9.69 Å². The molecule has 1 fully saturated rings. The fourth-order valence-electron chi connectivity index (χ4n) is 2.51. The van der Waals surface area contributed by atoms with Crippen LogP contribution in [0.4, 0.5) is 0 Å². The molecule has 1 N–H and O–H groups in total. The minimum Gasteiger partial charge on any atom is -0.507 e. The number of hydrogen-bond donors (Lipinski definition) is 1. The molecule has 1 aliphatic heterocycles. The number of ether oxygens (including phenoxy) is 1. The molecule has 1 aromatic carbocycles. The summed E-state index contributed by atoms with van der Waals surface area (Å²) in [6.07, 6.45) is 1.14. The van der Waals surface area contributed by atoms with Gasteiger partial charge in [0.05, 0.1) is 11.7 Å². The average molecular weight is 298 g/mol. The molecule has 1 heterocycles. The highest BCUT2D eigenvalue weighted by molar-refractivity contribution is 6.31. The van der Waals surface area contributed by atoms with E-state index < -0.39 is 0 Å². The maximum absolute atomic E-state index is 11.5. The van der Waals surface area contributed by atoms with Crippen molar-refractivity contribution in [2.75, 3.05) is 19.7 Å². The van der Waals surface area contributed by atoms with Gasteiger partial charge < -0.3 is 9.84 Å². The number of hydrogen-bond acceptors (Lipinski definition) is 4. The molecule has 2 rings (SSSR count). The van der Waals surface area contributed by atoms with Crippen LogP contribution in [0.2, 0.25) is 5.02 Å². The molecule has 0 saturated carbocycles. The molecule has 4 nitrogen and oxygen atoms in total. The Labute approximate surface area is 124 Å². The second-order valence-electron chi connectivity index (χ2n) is 5.29. The third kappa shape index (κ3) is 3.72. The molecular weight excluding hydrogens is 278 g/mol. The molecule has 0 amide bonds. The van der Waals surface area contributed by atoms with E-state index in [9.17, 15) is 9.90 Å². The van der Waals surface area contributed by atoms with Gasteiger partial charge in [0, 0.05) is 36.8 Å². The van der Waals surface area contributed by atoms with Gasteiger partial charge in [-0.25, -0.2) is 0 Å². The monoisotopic (exact) mass is 297 g/mol. The topological polar surface area (TPSA) is 49.8 Å². The van der Waals surface area contributed by atoms with E-state index in [2.05, 4.69) is 4.90 Å². The summed E-state index contributed by atoms with van der Waals surface area (Å²) >= 11 is 6.04. The van der Waals surface area contributed by atoms with E-state index in [-0.39, 0.29) is 23.2 Å². The van der Waals surface area contributed by atoms with Gasteiger partial charge in [-0.2, -0.15) is 0 Å². The van der Waals surface area contributed by atoms with Crippen LogP contribution in [0, 0.1) is 0 Å². The molecule has 0 radical (unpaired) electrons. The quantitative estimate of drug-likeness (QED) is 0.872. The summed E-state index contributed by atoms with van der Waals surface area (Å²) in [5.41, 5.74) is 0.975. The van der Waals surface area contributed by atoms with Crippen LogP contribution in [0.15, 0.2) is 12.1 Å². The molecule has 1 unspecified atom stereocenters. The Bertz CT molecular complexity index is 504. The molecular formula is C15H20ClNO3. The standard InChI is InChI=1S/C15H20ClNO3/c1-10-8-17(4-3-5-20-10)9-12-6-13(16)7-14(11(2)18)15(12)19/h6-7,10,19H,3-5,8-9H2,1-2H3. The second-order valence-corrected chi connectivity index (χ2v) is 5.72. The third-order valence-electron chi connectivity index (χ3n) is 3.46. The number of Topliss-reactive ketones (excluding diaryl/α,β-unsaturated/α-hetero) is 1. The van der Waals surface area contributed by atoms with Crippen LogP contribution in [0.1, 0.15) is 36.2 Å². The van der Waals surface area contributed by atoms with Crippen LogP contribution < -0.4 is 0 Å². The summed E-state index contributed by atoms with van der Waals surface area (Å²) in [5.74, 6) is -0.140. The molecule has 20 heavy (non-hydrogen) atoms. The van der Waals surface area contributed by atoms with Crippen molar-refractivity contribution in [1.29, 1.82) is 0 Å². The van der Waals surface area contributed by atoms with Gasteiger partial charge >= 0.3 is 0 Å². The van der Waals surface area contributed by atoms with Gasteiger partial charge in [0.25, 0.3) is 0 Å². The minimum atomic E-state index is -0.182. The molecule has 0 aliphatic carbocycles. The number of benzene rings is 1. The van der Waals surface area contributed by atoms with Gasteiger partial charge in [0.15, 0.2) is 5.78 Å². The molecule has 0 aromatic heterocycles. The highest BCUT2D eigenvalue weighted by Crippen LogP contribution is 2.29. The minimum absolute atomic E-state index is 0.0414. The van der Waals surface area contributed by atoms with Gasteiger partial charge in [0.2, 0.25) is 0 Å². The zero-order valence-corrected chi connectivity index (χ0v) is 12.6. The number of rotatable bonds is 3. The lowest BCUT2D eigenvalue weighted by atomic mass is 10.1. The van der Waals surface area contributed by atoms with Crippen LogP contribution in [0.3, 0.4) is 0 Å². The molecule has 5 heteroatoms. The van der Waals surface area contributed by atoms with E-state index in [0.717, 1.165) is 26.1 Å². The van der Waals surface area contributed by atoms with Gasteiger partial charge in [-0.05, 0) is 32.4 Å². The predicted molar refractivity (Wildman–Crippen MR) is 78.4 cm³/mol. The Morgan fingerprint density at radius 2 is 2.30 bits per heavy atom. The highest BCUT2D eigenvalue weighted by Gasteiger charge is 2.19. The smallest absolute Gasteiger partial charge is 0.163 e. The van der Waals surface area contributed by atoms with Crippen molar-refractivity contribution in [3.05, 3.63) is 28.3 Å². The molecule has 1 saturated heterocycles. The normalized spacial score (nSPS) is 20.6. The van der Waals surface area contributed by atoms with Gasteiger partial charge in [-0.15, -0.1) is 0 Å². The van der Waals surface area contributed by atoms with E-state index in [1.54, 1.807) is 6.07 Å². The molecule has 1 aliphatic rings. The van der Waals surface area contributed by atoms with Gasteiger partial charge in [-0.1, -0.05) is 11.6 Å². The lowest BCUT2D eigenvalue weighted by Crippen LogP contribution is -2.29. The summed E-state index contributed by atoms with van der Waals surface area (Å²) in [7, 11) is 0.